The van der Waals surface area contributed by atoms with Crippen molar-refractivity contribution in [2.45, 2.75) is 68.6 Å². The van der Waals surface area contributed by atoms with Gasteiger partial charge >= 0.3 is 0 Å². The summed E-state index contributed by atoms with van der Waals surface area (Å²) in [6, 6.07) is -0.973. The number of ketones is 1. The first kappa shape index (κ1) is 20.6. The molecule has 3 aliphatic heterocycles. The Labute approximate surface area is 174 Å². The van der Waals surface area contributed by atoms with E-state index < -0.39 is 52.2 Å². The van der Waals surface area contributed by atoms with Crippen molar-refractivity contribution in [2.24, 2.45) is 5.41 Å². The molecule has 3 N–H and O–H groups in total. The van der Waals surface area contributed by atoms with E-state index in [1.807, 2.05) is 0 Å². The van der Waals surface area contributed by atoms with Crippen LogP contribution in [0.25, 0.3) is 0 Å². The molecule has 10 heteroatoms. The molecule has 0 aromatic carbocycles. The van der Waals surface area contributed by atoms with E-state index in [9.17, 15) is 24.6 Å². The van der Waals surface area contributed by atoms with E-state index in [0.29, 0.717) is 0 Å². The van der Waals surface area contributed by atoms with Crippen LogP contribution in [0, 0.1) is 5.41 Å². The molecule has 4 fully saturated rings. The smallest absolute Gasteiger partial charge is 0.282 e. The highest BCUT2D eigenvalue weighted by atomic mass is 32.1. The zero-order valence-electron chi connectivity index (χ0n) is 17.2. The lowest BCUT2D eigenvalue weighted by molar-refractivity contribution is -0.165. The fourth-order valence-electron chi connectivity index (χ4n) is 5.81. The number of rotatable bonds is 1. The number of carbonyl (C=O) groups is 3. The lowest BCUT2D eigenvalue weighted by atomic mass is 9.75. The Balaban J connectivity index is 1.84. The lowest BCUT2D eigenvalue weighted by Crippen LogP contribution is -2.70. The summed E-state index contributed by atoms with van der Waals surface area (Å²) in [7, 11) is 3.07. The number of amides is 2. The Morgan fingerprint density at radius 3 is 2.48 bits per heavy atom. The van der Waals surface area contributed by atoms with Gasteiger partial charge in [0.1, 0.15) is 17.2 Å². The van der Waals surface area contributed by atoms with Crippen LogP contribution in [0.15, 0.2) is 0 Å². The molecule has 160 valence electrons. The second-order valence-corrected chi connectivity index (χ2v) is 9.82. The molecule has 2 amide bonds. The molecule has 1 aliphatic carbocycles. The SMILES string of the molecule is CNC(=O)[C@]12CN(C)C(=S)C(=O)N1[C@@H]1C[C@]3(O[C@H](C)C(C)(C)C3=O)[C@@H](O)[C@]1(O)C2. The average molecular weight is 426 g/mol. The van der Waals surface area contributed by atoms with Crippen molar-refractivity contribution in [3.8, 4) is 0 Å². The Bertz CT molecular complexity index is 848. The van der Waals surface area contributed by atoms with E-state index in [-0.39, 0.29) is 30.2 Å². The third-order valence-corrected chi connectivity index (χ3v) is 8.09. The molecule has 6 atom stereocenters. The van der Waals surface area contributed by atoms with Gasteiger partial charge in [-0.05, 0) is 6.92 Å². The minimum Gasteiger partial charge on any atom is -0.387 e. The molecular weight excluding hydrogens is 398 g/mol. The van der Waals surface area contributed by atoms with Crippen LogP contribution in [-0.4, -0.2) is 98.2 Å². The fourth-order valence-corrected chi connectivity index (χ4v) is 5.97. The maximum Gasteiger partial charge on any atom is 0.282 e. The summed E-state index contributed by atoms with van der Waals surface area (Å²) in [5.74, 6) is -1.32. The molecule has 3 saturated heterocycles. The van der Waals surface area contributed by atoms with Crippen LogP contribution in [0.1, 0.15) is 33.6 Å². The van der Waals surface area contributed by atoms with Gasteiger partial charge in [-0.25, -0.2) is 0 Å². The summed E-state index contributed by atoms with van der Waals surface area (Å²) in [6.45, 7) is 5.32. The topological polar surface area (TPSA) is 119 Å². The summed E-state index contributed by atoms with van der Waals surface area (Å²) in [6.07, 6.45) is -2.35. The second kappa shape index (κ2) is 5.75. The first-order valence-corrected chi connectivity index (χ1v) is 10.1. The number of nitrogens with one attached hydrogen (secondary N) is 1. The molecule has 0 aromatic rings. The van der Waals surface area contributed by atoms with Gasteiger partial charge in [0.2, 0.25) is 5.91 Å². The lowest BCUT2D eigenvalue weighted by Gasteiger charge is -2.46. The van der Waals surface area contributed by atoms with E-state index in [0.717, 1.165) is 0 Å². The second-order valence-electron chi connectivity index (χ2n) is 9.44. The van der Waals surface area contributed by atoms with Crippen molar-refractivity contribution in [1.29, 1.82) is 0 Å². The number of carbonyl (C=O) groups excluding carboxylic acids is 3. The first-order chi connectivity index (χ1) is 13.3. The molecule has 4 aliphatic rings. The predicted molar refractivity (Wildman–Crippen MR) is 105 cm³/mol. The van der Waals surface area contributed by atoms with Crippen molar-refractivity contribution in [3.63, 3.8) is 0 Å². The van der Waals surface area contributed by atoms with Gasteiger partial charge in [-0.3, -0.25) is 14.4 Å². The summed E-state index contributed by atoms with van der Waals surface area (Å²) in [5.41, 5.74) is -5.75. The predicted octanol–water partition coefficient (Wildman–Crippen LogP) is -1.41. The molecule has 1 saturated carbocycles. The van der Waals surface area contributed by atoms with Crippen molar-refractivity contribution in [2.75, 3.05) is 20.6 Å². The Morgan fingerprint density at radius 2 is 1.97 bits per heavy atom. The first-order valence-electron chi connectivity index (χ1n) is 9.74. The summed E-state index contributed by atoms with van der Waals surface area (Å²) in [4.78, 5) is 42.2. The summed E-state index contributed by atoms with van der Waals surface area (Å²) in [5, 5.41) is 25.4. The number of hydrogen-bond acceptors (Lipinski definition) is 7. The fraction of sp³-hybridized carbons (Fsp3) is 0.789. The Morgan fingerprint density at radius 1 is 1.34 bits per heavy atom. The molecule has 0 aromatic heterocycles. The number of likely N-dealkylation sites (N-methyl/N-ethyl adjacent to an activating group) is 2. The van der Waals surface area contributed by atoms with Gasteiger partial charge in [0.15, 0.2) is 16.4 Å². The molecule has 3 heterocycles. The average Bonchev–Trinajstić information content (AvgIpc) is 3.10. The zero-order valence-corrected chi connectivity index (χ0v) is 18.0. The molecule has 1 spiro atoms. The Hall–Kier alpha value is -1.62. The zero-order chi connectivity index (χ0) is 21.7. The minimum atomic E-state index is -1.88. The van der Waals surface area contributed by atoms with Crippen LogP contribution in [0.3, 0.4) is 0 Å². The van der Waals surface area contributed by atoms with Gasteiger partial charge in [-0.2, -0.15) is 0 Å². The normalized spacial score (nSPS) is 45.8. The van der Waals surface area contributed by atoms with Crippen LogP contribution in [0.2, 0.25) is 0 Å². The molecule has 0 radical (unpaired) electrons. The monoisotopic (exact) mass is 425 g/mol. The van der Waals surface area contributed by atoms with Crippen LogP contribution in [0.4, 0.5) is 0 Å². The summed E-state index contributed by atoms with van der Waals surface area (Å²) < 4.78 is 5.99. The number of Topliss-reactive ketones (excluding diaryl/α,β-unsaturated/α-hetero) is 1. The molecule has 4 rings (SSSR count). The molecule has 0 unspecified atom stereocenters. The molecule has 9 nitrogen and oxygen atoms in total. The number of thiocarbonyl (C=S) groups is 1. The molecular formula is C19H27N3O6S. The maximum absolute atomic E-state index is 13.3. The van der Waals surface area contributed by atoms with Gasteiger partial charge in [0.05, 0.1) is 24.1 Å². The van der Waals surface area contributed by atoms with Crippen LogP contribution < -0.4 is 5.32 Å². The largest absolute Gasteiger partial charge is 0.387 e. The number of fused-ring (bicyclic) bond motifs is 3. The van der Waals surface area contributed by atoms with E-state index in [1.54, 1.807) is 27.8 Å². The van der Waals surface area contributed by atoms with Crippen molar-refractivity contribution >= 4 is 34.8 Å². The highest BCUT2D eigenvalue weighted by Crippen LogP contribution is 2.59. The van der Waals surface area contributed by atoms with E-state index in [2.05, 4.69) is 5.32 Å². The molecule has 0 bridgehead atoms. The Kier molecular flexibility index (Phi) is 4.09. The number of hydrogen-bond donors (Lipinski definition) is 3. The number of nitrogens with zero attached hydrogens (tertiary/aromatic N) is 2. The minimum absolute atomic E-state index is 0.0246. The third-order valence-electron chi connectivity index (χ3n) is 7.61. The van der Waals surface area contributed by atoms with Gasteiger partial charge in [0.25, 0.3) is 5.91 Å². The highest BCUT2D eigenvalue weighted by Gasteiger charge is 2.79. The number of aliphatic hydroxyl groups is 2. The number of piperazine rings is 1. The third kappa shape index (κ3) is 2.15. The molecule has 29 heavy (non-hydrogen) atoms. The summed E-state index contributed by atoms with van der Waals surface area (Å²) >= 11 is 5.24. The van der Waals surface area contributed by atoms with Crippen molar-refractivity contribution < 1.29 is 29.3 Å². The van der Waals surface area contributed by atoms with Gasteiger partial charge in [-0.1, -0.05) is 26.1 Å². The van der Waals surface area contributed by atoms with Crippen LogP contribution in [-0.2, 0) is 19.1 Å². The highest BCUT2D eigenvalue weighted by molar-refractivity contribution is 7.82. The van der Waals surface area contributed by atoms with E-state index in [4.69, 9.17) is 17.0 Å². The standard InChI is InChI=1S/C19H27N3O6S/c1-9-16(2,3)13(24)19(28-9)6-10-18(27,14(19)25)7-17(15(26)20-4)8-21(5)12(29)11(23)22(10)17/h9-10,14,25,27H,6-8H2,1-5H3,(H,20,26)/t9-,10-,14+,17+,18+,19-/m1/s1. The van der Waals surface area contributed by atoms with Crippen LogP contribution >= 0.6 is 12.2 Å². The quantitative estimate of drug-likeness (QED) is 0.439. The van der Waals surface area contributed by atoms with Gasteiger partial charge in [-0.15, -0.1) is 0 Å². The van der Waals surface area contributed by atoms with Gasteiger partial charge < -0.3 is 30.1 Å². The van der Waals surface area contributed by atoms with Gasteiger partial charge in [0, 0.05) is 26.9 Å². The number of aliphatic hydroxyl groups excluding tert-OH is 1. The van der Waals surface area contributed by atoms with Crippen molar-refractivity contribution in [1.82, 2.24) is 15.1 Å². The maximum atomic E-state index is 13.3. The number of ether oxygens (including phenoxy) is 1. The van der Waals surface area contributed by atoms with Crippen molar-refractivity contribution in [3.05, 3.63) is 0 Å². The van der Waals surface area contributed by atoms with E-state index >= 15 is 0 Å². The van der Waals surface area contributed by atoms with E-state index in [1.165, 1.54) is 16.8 Å². The van der Waals surface area contributed by atoms with Crippen LogP contribution in [0.5, 0.6) is 0 Å².